The Kier molecular flexibility index (Phi) is 10.6. The highest BCUT2D eigenvalue weighted by Gasteiger charge is 2.27. The van der Waals surface area contributed by atoms with Crippen molar-refractivity contribution in [3.63, 3.8) is 0 Å². The lowest BCUT2D eigenvalue weighted by atomic mass is 9.94. The summed E-state index contributed by atoms with van der Waals surface area (Å²) in [6.07, 6.45) is 5.50. The van der Waals surface area contributed by atoms with Crippen LogP contribution in [0.2, 0.25) is 0 Å². The minimum Gasteiger partial charge on any atom is -0.479 e. The molecule has 36 heavy (non-hydrogen) atoms. The van der Waals surface area contributed by atoms with Gasteiger partial charge in [0, 0.05) is 19.1 Å². The smallest absolute Gasteiger partial charge is 0.351 e. The lowest BCUT2D eigenvalue weighted by molar-refractivity contribution is -0.145. The van der Waals surface area contributed by atoms with Crippen LogP contribution < -0.4 is 10.1 Å². The minimum atomic E-state index is -0.554. The van der Waals surface area contributed by atoms with Crippen LogP contribution in [0.5, 0.6) is 5.75 Å². The Morgan fingerprint density at radius 3 is 2.58 bits per heavy atom. The van der Waals surface area contributed by atoms with Crippen molar-refractivity contribution in [3.05, 3.63) is 39.2 Å². The van der Waals surface area contributed by atoms with Crippen LogP contribution in [0.25, 0.3) is 10.4 Å². The second-order valence-electron chi connectivity index (χ2n) is 8.44. The number of esters is 2. The standard InChI is InChI=1S/C26H33BrN2O6S/c1-4-28-26(32)29(19-12-7-6-8-13-19)15-17-10-9-11-18(14-17)23-21(27)22(24(36-23)25(31)33-3)35-16-20(30)34-5-2/h9-11,14,19H,4-8,12-13,15-16H2,1-3H3,(H,28,32). The van der Waals surface area contributed by atoms with Gasteiger partial charge in [-0.05, 0) is 59.8 Å². The Hall–Kier alpha value is -2.59. The first-order chi connectivity index (χ1) is 17.4. The molecule has 1 heterocycles. The summed E-state index contributed by atoms with van der Waals surface area (Å²) in [6.45, 7) is 4.62. The molecule has 1 aromatic heterocycles. The molecule has 0 unspecified atom stereocenters. The summed E-state index contributed by atoms with van der Waals surface area (Å²) in [4.78, 5) is 40.1. The van der Waals surface area contributed by atoms with Gasteiger partial charge in [0.05, 0.1) is 23.1 Å². The van der Waals surface area contributed by atoms with Crippen molar-refractivity contribution in [2.45, 2.75) is 58.5 Å². The molecule has 0 spiro atoms. The lowest BCUT2D eigenvalue weighted by Gasteiger charge is -2.34. The van der Waals surface area contributed by atoms with Gasteiger partial charge in [0.25, 0.3) is 0 Å². The number of nitrogens with zero attached hydrogens (tertiary/aromatic N) is 1. The van der Waals surface area contributed by atoms with E-state index in [2.05, 4.69) is 21.2 Å². The van der Waals surface area contributed by atoms with Crippen LogP contribution in [0.3, 0.4) is 0 Å². The Bertz CT molecular complexity index is 1070. The number of carbonyl (C=O) groups is 3. The number of urea groups is 1. The first kappa shape index (κ1) is 28.0. The number of benzene rings is 1. The molecule has 3 rings (SSSR count). The van der Waals surface area contributed by atoms with Crippen molar-refractivity contribution in [3.8, 4) is 16.2 Å². The zero-order chi connectivity index (χ0) is 26.1. The van der Waals surface area contributed by atoms with Gasteiger partial charge in [0.15, 0.2) is 17.2 Å². The van der Waals surface area contributed by atoms with Crippen molar-refractivity contribution >= 4 is 45.2 Å². The summed E-state index contributed by atoms with van der Waals surface area (Å²) in [5.74, 6) is -0.837. The van der Waals surface area contributed by atoms with Crippen LogP contribution in [-0.4, -0.2) is 55.8 Å². The largest absolute Gasteiger partial charge is 0.479 e. The maximum Gasteiger partial charge on any atom is 0.351 e. The van der Waals surface area contributed by atoms with Gasteiger partial charge < -0.3 is 24.4 Å². The summed E-state index contributed by atoms with van der Waals surface area (Å²) in [5, 5.41) is 2.96. The van der Waals surface area contributed by atoms with E-state index < -0.39 is 11.9 Å². The van der Waals surface area contributed by atoms with E-state index in [1.165, 1.54) is 24.9 Å². The molecule has 8 nitrogen and oxygen atoms in total. The Morgan fingerprint density at radius 1 is 1.17 bits per heavy atom. The number of rotatable bonds is 10. The van der Waals surface area contributed by atoms with Crippen LogP contribution >= 0.6 is 27.3 Å². The number of hydrogen-bond donors (Lipinski definition) is 1. The molecule has 1 aliphatic carbocycles. The normalized spacial score (nSPS) is 13.7. The van der Waals surface area contributed by atoms with Crippen LogP contribution in [0.1, 0.15) is 61.2 Å². The van der Waals surface area contributed by atoms with Gasteiger partial charge in [-0.15, -0.1) is 11.3 Å². The fraction of sp³-hybridized carbons (Fsp3) is 0.500. The summed E-state index contributed by atoms with van der Waals surface area (Å²) in [5.41, 5.74) is 1.85. The van der Waals surface area contributed by atoms with Gasteiger partial charge in [-0.25, -0.2) is 14.4 Å². The van der Waals surface area contributed by atoms with Gasteiger partial charge in [-0.1, -0.05) is 37.5 Å². The molecular weight excluding hydrogens is 548 g/mol. The maximum atomic E-state index is 12.9. The van der Waals surface area contributed by atoms with Gasteiger partial charge in [0.1, 0.15) is 0 Å². The number of ether oxygens (including phenoxy) is 3. The Labute approximate surface area is 224 Å². The van der Waals surface area contributed by atoms with E-state index in [-0.39, 0.29) is 35.9 Å². The second-order valence-corrected chi connectivity index (χ2v) is 10.3. The average molecular weight is 582 g/mol. The monoisotopic (exact) mass is 580 g/mol. The van der Waals surface area contributed by atoms with Crippen molar-refractivity contribution in [2.75, 3.05) is 26.9 Å². The number of methoxy groups -OCH3 is 1. The summed E-state index contributed by atoms with van der Waals surface area (Å²) in [7, 11) is 1.30. The van der Waals surface area contributed by atoms with Crippen LogP contribution in [0.15, 0.2) is 28.7 Å². The molecule has 0 aliphatic heterocycles. The zero-order valence-corrected chi connectivity index (χ0v) is 23.3. The fourth-order valence-corrected chi connectivity index (χ4v) is 6.26. The quantitative estimate of drug-likeness (QED) is 0.358. The summed E-state index contributed by atoms with van der Waals surface area (Å²) in [6, 6.07) is 8.06. The van der Waals surface area contributed by atoms with E-state index >= 15 is 0 Å². The Balaban J connectivity index is 1.90. The number of hydrogen-bond acceptors (Lipinski definition) is 7. The van der Waals surface area contributed by atoms with E-state index in [0.29, 0.717) is 17.6 Å². The predicted molar refractivity (Wildman–Crippen MR) is 142 cm³/mol. The van der Waals surface area contributed by atoms with Gasteiger partial charge in [0.2, 0.25) is 0 Å². The number of nitrogens with one attached hydrogen (secondary N) is 1. The molecule has 10 heteroatoms. The van der Waals surface area contributed by atoms with Gasteiger partial charge in [-0.2, -0.15) is 0 Å². The first-order valence-corrected chi connectivity index (χ1v) is 13.8. The third kappa shape index (κ3) is 7.00. The summed E-state index contributed by atoms with van der Waals surface area (Å²) >= 11 is 4.77. The number of thiophene rings is 1. The maximum absolute atomic E-state index is 12.9. The molecule has 0 bridgehead atoms. The highest BCUT2D eigenvalue weighted by Crippen LogP contribution is 2.46. The second kappa shape index (κ2) is 13.6. The fourth-order valence-electron chi connectivity index (χ4n) is 4.29. The number of carbonyl (C=O) groups excluding carboxylic acids is 3. The number of amides is 2. The zero-order valence-electron chi connectivity index (χ0n) is 20.9. The van der Waals surface area contributed by atoms with Gasteiger partial charge in [-0.3, -0.25) is 0 Å². The van der Waals surface area contributed by atoms with E-state index in [1.54, 1.807) is 6.92 Å². The topological polar surface area (TPSA) is 94.2 Å². The first-order valence-electron chi connectivity index (χ1n) is 12.2. The molecule has 1 saturated carbocycles. The third-order valence-corrected chi connectivity index (χ3v) is 8.19. The van der Waals surface area contributed by atoms with Crippen molar-refractivity contribution in [1.82, 2.24) is 10.2 Å². The molecule has 1 N–H and O–H groups in total. The van der Waals surface area contributed by atoms with Crippen LogP contribution in [0, 0.1) is 0 Å². The molecule has 1 aromatic carbocycles. The van der Waals surface area contributed by atoms with Crippen LogP contribution in [-0.2, 0) is 20.8 Å². The highest BCUT2D eigenvalue weighted by atomic mass is 79.9. The van der Waals surface area contributed by atoms with E-state index in [9.17, 15) is 14.4 Å². The molecule has 2 amide bonds. The van der Waals surface area contributed by atoms with E-state index in [1.807, 2.05) is 36.1 Å². The minimum absolute atomic E-state index is 0.0465. The predicted octanol–water partition coefficient (Wildman–Crippen LogP) is 5.77. The molecule has 2 aromatic rings. The highest BCUT2D eigenvalue weighted by molar-refractivity contribution is 9.10. The van der Waals surface area contributed by atoms with Crippen molar-refractivity contribution < 1.29 is 28.6 Å². The van der Waals surface area contributed by atoms with Crippen molar-refractivity contribution in [2.24, 2.45) is 0 Å². The molecule has 196 valence electrons. The molecule has 0 saturated heterocycles. The molecule has 1 fully saturated rings. The Morgan fingerprint density at radius 2 is 1.92 bits per heavy atom. The molecule has 0 atom stereocenters. The molecule has 1 aliphatic rings. The van der Waals surface area contributed by atoms with E-state index in [0.717, 1.165) is 41.7 Å². The SMILES string of the molecule is CCNC(=O)N(Cc1cccc(-c2sc(C(=O)OC)c(OCC(=O)OCC)c2Br)c1)C1CCCCC1. The van der Waals surface area contributed by atoms with Crippen LogP contribution in [0.4, 0.5) is 4.79 Å². The summed E-state index contributed by atoms with van der Waals surface area (Å²) < 4.78 is 16.1. The third-order valence-electron chi connectivity index (χ3n) is 5.97. The number of halogens is 1. The van der Waals surface area contributed by atoms with E-state index in [4.69, 9.17) is 14.2 Å². The molecular formula is C26H33BrN2O6S. The lowest BCUT2D eigenvalue weighted by Crippen LogP contribution is -2.46. The molecule has 0 radical (unpaired) electrons. The van der Waals surface area contributed by atoms with Crippen molar-refractivity contribution in [1.29, 1.82) is 0 Å². The van der Waals surface area contributed by atoms with Gasteiger partial charge >= 0.3 is 18.0 Å². The average Bonchev–Trinajstić information content (AvgIpc) is 3.22.